The number of hydrogen-bond donors (Lipinski definition) is 1. The van der Waals surface area contributed by atoms with Crippen molar-refractivity contribution in [2.75, 3.05) is 25.1 Å². The summed E-state index contributed by atoms with van der Waals surface area (Å²) in [7, 11) is -1.27. The van der Waals surface area contributed by atoms with Crippen LogP contribution >= 0.6 is 0 Å². The lowest BCUT2D eigenvalue weighted by Gasteiger charge is -2.23. The topological polar surface area (TPSA) is 66.5 Å². The Bertz CT molecular complexity index is 365. The predicted molar refractivity (Wildman–Crippen MR) is 67.7 cm³/mol. The summed E-state index contributed by atoms with van der Waals surface area (Å²) in [4.78, 5) is 13.3. The molecule has 5 nitrogen and oxygen atoms in total. The number of carbonyl (C=O) groups is 1. The Morgan fingerprint density at radius 1 is 1.47 bits per heavy atom. The van der Waals surface area contributed by atoms with Gasteiger partial charge in [-0.2, -0.15) is 0 Å². The van der Waals surface area contributed by atoms with Gasteiger partial charge in [0.2, 0.25) is 0 Å². The Balaban J connectivity index is 2.37. The van der Waals surface area contributed by atoms with Gasteiger partial charge in [-0.15, -0.1) is 0 Å². The number of sulfone groups is 1. The van der Waals surface area contributed by atoms with Crippen LogP contribution in [0.25, 0.3) is 0 Å². The third-order valence-electron chi connectivity index (χ3n) is 3.07. The van der Waals surface area contributed by atoms with Gasteiger partial charge in [-0.3, -0.25) is 0 Å². The van der Waals surface area contributed by atoms with E-state index < -0.39 is 9.84 Å². The van der Waals surface area contributed by atoms with E-state index in [2.05, 4.69) is 19.2 Å². The zero-order chi connectivity index (χ0) is 13.1. The molecule has 0 aromatic carbocycles. The molecule has 0 aliphatic carbocycles. The first-order valence-electron chi connectivity index (χ1n) is 6.03. The number of carbonyl (C=O) groups excluding carboxylic acids is 1. The summed E-state index contributed by atoms with van der Waals surface area (Å²) in [5.74, 6) is 0.843. The van der Waals surface area contributed by atoms with E-state index in [-0.39, 0.29) is 23.6 Å². The summed E-state index contributed by atoms with van der Waals surface area (Å²) in [5.41, 5.74) is 0. The van der Waals surface area contributed by atoms with E-state index >= 15 is 0 Å². The fourth-order valence-electron chi connectivity index (χ4n) is 1.84. The van der Waals surface area contributed by atoms with Crippen molar-refractivity contribution in [1.82, 2.24) is 10.2 Å². The maximum atomic E-state index is 11.7. The van der Waals surface area contributed by atoms with Crippen molar-refractivity contribution in [1.29, 1.82) is 0 Å². The van der Waals surface area contributed by atoms with Crippen molar-refractivity contribution < 1.29 is 13.2 Å². The van der Waals surface area contributed by atoms with Gasteiger partial charge in [0.05, 0.1) is 11.5 Å². The van der Waals surface area contributed by atoms with E-state index in [1.54, 1.807) is 7.05 Å². The molecule has 0 bridgehead atoms. The molecule has 0 aromatic rings. The van der Waals surface area contributed by atoms with Crippen LogP contribution < -0.4 is 5.32 Å². The summed E-state index contributed by atoms with van der Waals surface area (Å²) in [5, 5.41) is 2.81. The van der Waals surface area contributed by atoms with E-state index in [1.165, 1.54) is 4.90 Å². The van der Waals surface area contributed by atoms with Crippen LogP contribution in [0.5, 0.6) is 0 Å². The Labute approximate surface area is 103 Å². The average Bonchev–Trinajstić information content (AvgIpc) is 2.57. The lowest BCUT2D eigenvalue weighted by atomic mass is 10.1. The van der Waals surface area contributed by atoms with Gasteiger partial charge < -0.3 is 10.2 Å². The van der Waals surface area contributed by atoms with Crippen LogP contribution in [0.1, 0.15) is 26.7 Å². The molecule has 0 spiro atoms. The molecule has 1 heterocycles. The molecule has 0 aromatic heterocycles. The van der Waals surface area contributed by atoms with E-state index in [0.717, 1.165) is 6.42 Å². The standard InChI is InChI=1S/C11H22N2O3S/c1-9(2)4-6-12-11(14)13(3)10-5-7-17(15,16)8-10/h9-10H,4-8H2,1-3H3,(H,12,14). The van der Waals surface area contributed by atoms with Crippen LogP contribution in [0.15, 0.2) is 0 Å². The number of amides is 2. The van der Waals surface area contributed by atoms with E-state index in [4.69, 9.17) is 0 Å². The summed E-state index contributed by atoms with van der Waals surface area (Å²) >= 11 is 0. The summed E-state index contributed by atoms with van der Waals surface area (Å²) in [6.07, 6.45) is 1.49. The lowest BCUT2D eigenvalue weighted by molar-refractivity contribution is 0.194. The molecule has 1 atom stereocenters. The van der Waals surface area contributed by atoms with E-state index in [1.807, 2.05) is 0 Å². The number of urea groups is 1. The maximum Gasteiger partial charge on any atom is 0.317 e. The molecule has 100 valence electrons. The second kappa shape index (κ2) is 5.71. The molecule has 1 aliphatic heterocycles. The quantitative estimate of drug-likeness (QED) is 0.817. The summed E-state index contributed by atoms with van der Waals surface area (Å²) < 4.78 is 22.6. The number of nitrogens with one attached hydrogen (secondary N) is 1. The molecule has 1 fully saturated rings. The zero-order valence-electron chi connectivity index (χ0n) is 10.8. The highest BCUT2D eigenvalue weighted by Crippen LogP contribution is 2.16. The molecule has 1 unspecified atom stereocenters. The van der Waals surface area contributed by atoms with Crippen LogP contribution in [0.2, 0.25) is 0 Å². The molecule has 6 heteroatoms. The fourth-order valence-corrected chi connectivity index (χ4v) is 3.61. The van der Waals surface area contributed by atoms with Crippen molar-refractivity contribution in [2.24, 2.45) is 5.92 Å². The maximum absolute atomic E-state index is 11.7. The van der Waals surface area contributed by atoms with Gasteiger partial charge in [-0.1, -0.05) is 13.8 Å². The second-order valence-electron chi connectivity index (χ2n) is 5.08. The minimum absolute atomic E-state index is 0.0983. The van der Waals surface area contributed by atoms with Crippen LogP contribution in [0, 0.1) is 5.92 Å². The number of rotatable bonds is 4. The second-order valence-corrected chi connectivity index (χ2v) is 7.31. The largest absolute Gasteiger partial charge is 0.338 e. The molecule has 2 amide bonds. The van der Waals surface area contributed by atoms with E-state index in [9.17, 15) is 13.2 Å². The van der Waals surface area contributed by atoms with Crippen LogP contribution in [0.3, 0.4) is 0 Å². The van der Waals surface area contributed by atoms with Gasteiger partial charge in [0.15, 0.2) is 9.84 Å². The van der Waals surface area contributed by atoms with Gasteiger partial charge in [0, 0.05) is 19.6 Å². The average molecular weight is 262 g/mol. The molecule has 1 aliphatic rings. The molecule has 1 rings (SSSR count). The Morgan fingerprint density at radius 3 is 2.59 bits per heavy atom. The predicted octanol–water partition coefficient (Wildman–Crippen LogP) is 0.861. The Hall–Kier alpha value is -0.780. The molecular formula is C11H22N2O3S. The lowest BCUT2D eigenvalue weighted by Crippen LogP contribution is -2.44. The number of nitrogens with zero attached hydrogens (tertiary/aromatic N) is 1. The minimum Gasteiger partial charge on any atom is -0.338 e. The van der Waals surface area contributed by atoms with Gasteiger partial charge in [-0.25, -0.2) is 13.2 Å². The zero-order valence-corrected chi connectivity index (χ0v) is 11.6. The summed E-state index contributed by atoms with van der Waals surface area (Å²) in [6.45, 7) is 4.83. The first-order valence-corrected chi connectivity index (χ1v) is 7.85. The van der Waals surface area contributed by atoms with Gasteiger partial charge in [-0.05, 0) is 18.8 Å². The number of hydrogen-bond acceptors (Lipinski definition) is 3. The SMILES string of the molecule is CC(C)CCNC(=O)N(C)C1CCS(=O)(=O)C1. The third kappa shape index (κ3) is 4.53. The first-order chi connectivity index (χ1) is 7.82. The third-order valence-corrected chi connectivity index (χ3v) is 4.82. The van der Waals surface area contributed by atoms with Crippen molar-refractivity contribution in [3.63, 3.8) is 0 Å². The van der Waals surface area contributed by atoms with Crippen molar-refractivity contribution >= 4 is 15.9 Å². The molecule has 0 saturated carbocycles. The normalized spacial score (nSPS) is 22.7. The van der Waals surface area contributed by atoms with Gasteiger partial charge >= 0.3 is 6.03 Å². The summed E-state index contributed by atoms with van der Waals surface area (Å²) in [6, 6.07) is -0.341. The van der Waals surface area contributed by atoms with Crippen LogP contribution in [-0.2, 0) is 9.84 Å². The molecule has 1 saturated heterocycles. The highest BCUT2D eigenvalue weighted by molar-refractivity contribution is 7.91. The highest BCUT2D eigenvalue weighted by atomic mass is 32.2. The highest BCUT2D eigenvalue weighted by Gasteiger charge is 2.32. The fraction of sp³-hybridized carbons (Fsp3) is 0.909. The van der Waals surface area contributed by atoms with Gasteiger partial charge in [0.1, 0.15) is 0 Å². The van der Waals surface area contributed by atoms with Crippen molar-refractivity contribution in [3.05, 3.63) is 0 Å². The van der Waals surface area contributed by atoms with Gasteiger partial charge in [0.25, 0.3) is 0 Å². The smallest absolute Gasteiger partial charge is 0.317 e. The monoisotopic (exact) mass is 262 g/mol. The molecule has 1 N–H and O–H groups in total. The minimum atomic E-state index is -2.93. The Kier molecular flexibility index (Phi) is 4.80. The first kappa shape index (κ1) is 14.3. The van der Waals surface area contributed by atoms with Crippen molar-refractivity contribution in [2.45, 2.75) is 32.7 Å². The van der Waals surface area contributed by atoms with Crippen molar-refractivity contribution in [3.8, 4) is 0 Å². The molecule has 17 heavy (non-hydrogen) atoms. The molecular weight excluding hydrogens is 240 g/mol. The van der Waals surface area contributed by atoms with E-state index in [0.29, 0.717) is 18.9 Å². The van der Waals surface area contributed by atoms with Crippen LogP contribution in [0.4, 0.5) is 4.79 Å². The molecule has 0 radical (unpaired) electrons. The Morgan fingerprint density at radius 2 is 2.12 bits per heavy atom. The van der Waals surface area contributed by atoms with Crippen LogP contribution in [-0.4, -0.2) is 50.5 Å².